The Morgan fingerprint density at radius 3 is 2.53 bits per heavy atom. The standard InChI is InChI=1S/C15H15F2NS/c1-10(11-6-5-7-12(16)15(11)17)18-13-8-3-4-9-14(13)19-2/h3-10,18H,1-2H3. The molecule has 0 saturated heterocycles. The molecule has 19 heavy (non-hydrogen) atoms. The minimum Gasteiger partial charge on any atom is -0.378 e. The summed E-state index contributed by atoms with van der Waals surface area (Å²) >= 11 is 1.61. The maximum absolute atomic E-state index is 13.7. The van der Waals surface area contributed by atoms with Crippen molar-refractivity contribution in [3.05, 3.63) is 59.7 Å². The Labute approximate surface area is 116 Å². The van der Waals surface area contributed by atoms with Crippen LogP contribution in [0.5, 0.6) is 0 Å². The maximum Gasteiger partial charge on any atom is 0.164 e. The van der Waals surface area contributed by atoms with Crippen LogP contribution in [0.25, 0.3) is 0 Å². The van der Waals surface area contributed by atoms with E-state index in [4.69, 9.17) is 0 Å². The van der Waals surface area contributed by atoms with Gasteiger partial charge in [0, 0.05) is 16.1 Å². The average molecular weight is 279 g/mol. The second kappa shape index (κ2) is 6.06. The zero-order chi connectivity index (χ0) is 13.8. The average Bonchev–Trinajstić information content (AvgIpc) is 2.42. The van der Waals surface area contributed by atoms with Crippen LogP contribution < -0.4 is 5.32 Å². The quantitative estimate of drug-likeness (QED) is 0.802. The zero-order valence-electron chi connectivity index (χ0n) is 10.8. The second-order valence-electron chi connectivity index (χ2n) is 4.21. The molecule has 1 nitrogen and oxygen atoms in total. The largest absolute Gasteiger partial charge is 0.378 e. The number of thioether (sulfide) groups is 1. The summed E-state index contributed by atoms with van der Waals surface area (Å²) in [5, 5.41) is 3.22. The highest BCUT2D eigenvalue weighted by Crippen LogP contribution is 2.29. The first-order chi connectivity index (χ1) is 9.13. The summed E-state index contributed by atoms with van der Waals surface area (Å²) in [5.41, 5.74) is 1.25. The van der Waals surface area contributed by atoms with Crippen molar-refractivity contribution in [1.29, 1.82) is 0 Å². The molecule has 1 atom stereocenters. The van der Waals surface area contributed by atoms with E-state index in [9.17, 15) is 8.78 Å². The summed E-state index contributed by atoms with van der Waals surface area (Å²) in [4.78, 5) is 1.08. The predicted octanol–water partition coefficient (Wildman–Crippen LogP) is 4.86. The third kappa shape index (κ3) is 3.07. The molecule has 0 radical (unpaired) electrons. The molecule has 2 aromatic carbocycles. The van der Waals surface area contributed by atoms with Gasteiger partial charge in [0.2, 0.25) is 0 Å². The van der Waals surface area contributed by atoms with Crippen LogP contribution in [0.3, 0.4) is 0 Å². The number of hydrogen-bond acceptors (Lipinski definition) is 2. The van der Waals surface area contributed by atoms with E-state index >= 15 is 0 Å². The van der Waals surface area contributed by atoms with Gasteiger partial charge in [-0.05, 0) is 31.4 Å². The topological polar surface area (TPSA) is 12.0 Å². The van der Waals surface area contributed by atoms with E-state index in [1.165, 1.54) is 6.07 Å². The predicted molar refractivity (Wildman–Crippen MR) is 76.6 cm³/mol. The lowest BCUT2D eigenvalue weighted by Gasteiger charge is -2.18. The van der Waals surface area contributed by atoms with Gasteiger partial charge < -0.3 is 5.32 Å². The minimum absolute atomic E-state index is 0.302. The Morgan fingerprint density at radius 1 is 1.05 bits per heavy atom. The number of benzene rings is 2. The monoisotopic (exact) mass is 279 g/mol. The van der Waals surface area contributed by atoms with E-state index in [2.05, 4.69) is 5.32 Å². The summed E-state index contributed by atoms with van der Waals surface area (Å²) < 4.78 is 26.9. The van der Waals surface area contributed by atoms with Crippen LogP contribution in [0, 0.1) is 11.6 Å². The van der Waals surface area contributed by atoms with Crippen molar-refractivity contribution in [3.8, 4) is 0 Å². The Morgan fingerprint density at radius 2 is 1.79 bits per heavy atom. The van der Waals surface area contributed by atoms with Gasteiger partial charge in [-0.25, -0.2) is 8.78 Å². The number of halogens is 2. The van der Waals surface area contributed by atoms with E-state index in [-0.39, 0.29) is 6.04 Å². The Bertz CT molecular complexity index is 572. The molecule has 2 rings (SSSR count). The first-order valence-electron chi connectivity index (χ1n) is 5.97. The first-order valence-corrected chi connectivity index (χ1v) is 7.19. The Kier molecular flexibility index (Phi) is 4.43. The van der Waals surface area contributed by atoms with Crippen LogP contribution >= 0.6 is 11.8 Å². The summed E-state index contributed by atoms with van der Waals surface area (Å²) in [6.45, 7) is 1.81. The third-order valence-corrected chi connectivity index (χ3v) is 3.72. The molecule has 1 N–H and O–H groups in total. The first kappa shape index (κ1) is 13.9. The van der Waals surface area contributed by atoms with Gasteiger partial charge in [0.05, 0.1) is 6.04 Å². The second-order valence-corrected chi connectivity index (χ2v) is 5.06. The minimum atomic E-state index is -0.815. The molecule has 1 unspecified atom stereocenters. The summed E-state index contributed by atoms with van der Waals surface area (Å²) in [5.74, 6) is -1.60. The molecule has 4 heteroatoms. The lowest BCUT2D eigenvalue weighted by Crippen LogP contribution is -2.10. The molecule has 100 valence electrons. The third-order valence-electron chi connectivity index (χ3n) is 2.93. The molecular weight excluding hydrogens is 264 g/mol. The molecule has 0 saturated carbocycles. The molecule has 0 heterocycles. The van der Waals surface area contributed by atoms with Gasteiger partial charge in [-0.2, -0.15) is 0 Å². The Hall–Kier alpha value is -1.55. The fraction of sp³-hybridized carbons (Fsp3) is 0.200. The van der Waals surface area contributed by atoms with Crippen LogP contribution in [-0.4, -0.2) is 6.26 Å². The molecule has 0 amide bonds. The summed E-state index contributed by atoms with van der Waals surface area (Å²) in [6, 6.07) is 11.7. The van der Waals surface area contributed by atoms with Crippen molar-refractivity contribution in [3.63, 3.8) is 0 Å². The van der Waals surface area contributed by atoms with E-state index in [0.29, 0.717) is 5.56 Å². The number of rotatable bonds is 4. The zero-order valence-corrected chi connectivity index (χ0v) is 11.6. The van der Waals surface area contributed by atoms with E-state index in [0.717, 1.165) is 16.6 Å². The van der Waals surface area contributed by atoms with Crippen LogP contribution in [0.15, 0.2) is 47.4 Å². The van der Waals surface area contributed by atoms with Crippen LogP contribution in [-0.2, 0) is 0 Å². The highest BCUT2D eigenvalue weighted by Gasteiger charge is 2.14. The lowest BCUT2D eigenvalue weighted by molar-refractivity contribution is 0.494. The number of para-hydroxylation sites is 1. The highest BCUT2D eigenvalue weighted by atomic mass is 32.2. The van der Waals surface area contributed by atoms with Crippen molar-refractivity contribution in [2.45, 2.75) is 17.9 Å². The number of anilines is 1. The molecule has 0 fully saturated rings. The van der Waals surface area contributed by atoms with Gasteiger partial charge in [0.15, 0.2) is 11.6 Å². The van der Waals surface area contributed by atoms with Gasteiger partial charge in [-0.3, -0.25) is 0 Å². The van der Waals surface area contributed by atoms with Gasteiger partial charge in [-0.15, -0.1) is 11.8 Å². The van der Waals surface area contributed by atoms with Crippen molar-refractivity contribution >= 4 is 17.4 Å². The van der Waals surface area contributed by atoms with Crippen LogP contribution in [0.4, 0.5) is 14.5 Å². The highest BCUT2D eigenvalue weighted by molar-refractivity contribution is 7.98. The molecule has 0 bridgehead atoms. The van der Waals surface area contributed by atoms with E-state index in [1.807, 2.05) is 37.4 Å². The van der Waals surface area contributed by atoms with Crippen molar-refractivity contribution in [2.24, 2.45) is 0 Å². The fourth-order valence-corrected chi connectivity index (χ4v) is 2.49. The number of nitrogens with one attached hydrogen (secondary N) is 1. The van der Waals surface area contributed by atoms with Crippen LogP contribution in [0.2, 0.25) is 0 Å². The Balaban J connectivity index is 2.26. The van der Waals surface area contributed by atoms with Crippen molar-refractivity contribution < 1.29 is 8.78 Å². The van der Waals surface area contributed by atoms with E-state index in [1.54, 1.807) is 17.8 Å². The van der Waals surface area contributed by atoms with Crippen molar-refractivity contribution in [1.82, 2.24) is 0 Å². The molecule has 0 spiro atoms. The lowest BCUT2D eigenvalue weighted by atomic mass is 10.1. The molecular formula is C15H15F2NS. The molecule has 0 aliphatic carbocycles. The summed E-state index contributed by atoms with van der Waals surface area (Å²) in [7, 11) is 0. The number of hydrogen-bond donors (Lipinski definition) is 1. The molecule has 0 aliphatic heterocycles. The smallest absolute Gasteiger partial charge is 0.164 e. The van der Waals surface area contributed by atoms with Crippen LogP contribution in [0.1, 0.15) is 18.5 Å². The van der Waals surface area contributed by atoms with Gasteiger partial charge in [-0.1, -0.05) is 24.3 Å². The maximum atomic E-state index is 13.7. The fourth-order valence-electron chi connectivity index (χ4n) is 1.93. The summed E-state index contributed by atoms with van der Waals surface area (Å²) in [6.07, 6.45) is 1.98. The van der Waals surface area contributed by atoms with Gasteiger partial charge >= 0.3 is 0 Å². The molecule has 2 aromatic rings. The van der Waals surface area contributed by atoms with E-state index < -0.39 is 11.6 Å². The van der Waals surface area contributed by atoms with Gasteiger partial charge in [0.1, 0.15) is 0 Å². The molecule has 0 aliphatic rings. The van der Waals surface area contributed by atoms with Gasteiger partial charge in [0.25, 0.3) is 0 Å². The normalized spacial score (nSPS) is 12.2. The van der Waals surface area contributed by atoms with Crippen molar-refractivity contribution in [2.75, 3.05) is 11.6 Å². The SMILES string of the molecule is CSc1ccccc1NC(C)c1cccc(F)c1F. The molecule has 0 aromatic heterocycles.